The highest BCUT2D eigenvalue weighted by Crippen LogP contribution is 2.36. The van der Waals surface area contributed by atoms with Crippen LogP contribution in [0.5, 0.6) is 0 Å². The number of benzene rings is 4. The minimum absolute atomic E-state index is 0.907. The standard InChI is InChI=1S/C37H27N3/c1-24-21-25(2)38-37-30(24)19-17-28-18-20-33(40-36(28)37)31-15-9-10-16-32(31)35-23-29(26-11-5-3-6-12-26)22-34(39-35)27-13-7-4-8-14-27/h3-23H,1-2H3. The van der Waals surface area contributed by atoms with Gasteiger partial charge in [0.2, 0.25) is 0 Å². The number of aryl methyl sites for hydroxylation is 2. The SMILES string of the molecule is Cc1cc(C)c2ccc3ccc(-c4ccccc4-c4cc(-c5ccccc5)cc(-c5ccccc5)n4)nc3c2n1. The van der Waals surface area contributed by atoms with Crippen molar-refractivity contribution in [1.29, 1.82) is 0 Å². The lowest BCUT2D eigenvalue weighted by Gasteiger charge is -2.14. The van der Waals surface area contributed by atoms with Crippen molar-refractivity contribution in [2.24, 2.45) is 0 Å². The van der Waals surface area contributed by atoms with E-state index in [0.717, 1.165) is 72.4 Å². The van der Waals surface area contributed by atoms with Crippen LogP contribution in [0.3, 0.4) is 0 Å². The lowest BCUT2D eigenvalue weighted by Crippen LogP contribution is -1.95. The Balaban J connectivity index is 1.45. The zero-order valence-electron chi connectivity index (χ0n) is 22.5. The predicted octanol–water partition coefficient (Wildman–Crippen LogP) is 9.46. The summed E-state index contributed by atoms with van der Waals surface area (Å²) in [5.74, 6) is 0. The Bertz CT molecular complexity index is 1950. The first-order valence-electron chi connectivity index (χ1n) is 13.5. The lowest BCUT2D eigenvalue weighted by atomic mass is 9.96. The third kappa shape index (κ3) is 4.32. The summed E-state index contributed by atoms with van der Waals surface area (Å²) < 4.78 is 0. The number of pyridine rings is 3. The largest absolute Gasteiger partial charge is 0.251 e. The maximum atomic E-state index is 5.21. The van der Waals surface area contributed by atoms with E-state index in [4.69, 9.17) is 15.0 Å². The van der Waals surface area contributed by atoms with Crippen molar-refractivity contribution in [3.63, 3.8) is 0 Å². The van der Waals surface area contributed by atoms with Crippen LogP contribution in [0.25, 0.3) is 66.7 Å². The van der Waals surface area contributed by atoms with Gasteiger partial charge in [-0.2, -0.15) is 0 Å². The highest BCUT2D eigenvalue weighted by atomic mass is 14.8. The summed E-state index contributed by atoms with van der Waals surface area (Å²) in [6.45, 7) is 4.18. The molecular formula is C37H27N3. The van der Waals surface area contributed by atoms with Crippen LogP contribution in [0.1, 0.15) is 11.3 Å². The molecule has 3 heterocycles. The normalized spacial score (nSPS) is 11.2. The van der Waals surface area contributed by atoms with Crippen molar-refractivity contribution >= 4 is 21.8 Å². The van der Waals surface area contributed by atoms with Crippen molar-refractivity contribution < 1.29 is 0 Å². The van der Waals surface area contributed by atoms with Crippen LogP contribution < -0.4 is 0 Å². The fourth-order valence-corrected chi connectivity index (χ4v) is 5.51. The Morgan fingerprint density at radius 1 is 0.425 bits per heavy atom. The minimum atomic E-state index is 0.907. The molecule has 0 aliphatic carbocycles. The van der Waals surface area contributed by atoms with Gasteiger partial charge in [0.25, 0.3) is 0 Å². The maximum Gasteiger partial charge on any atom is 0.0972 e. The van der Waals surface area contributed by atoms with E-state index in [1.807, 2.05) is 19.1 Å². The third-order valence-electron chi connectivity index (χ3n) is 7.45. The zero-order chi connectivity index (χ0) is 27.1. The van der Waals surface area contributed by atoms with Gasteiger partial charge in [0.15, 0.2) is 0 Å². The van der Waals surface area contributed by atoms with Crippen LogP contribution in [-0.2, 0) is 0 Å². The summed E-state index contributed by atoms with van der Waals surface area (Å²) in [5.41, 5.74) is 12.3. The molecule has 40 heavy (non-hydrogen) atoms. The Morgan fingerprint density at radius 2 is 1.05 bits per heavy atom. The summed E-state index contributed by atoms with van der Waals surface area (Å²) in [6, 6.07) is 44.3. The molecule has 7 aromatic rings. The average Bonchev–Trinajstić information content (AvgIpc) is 3.01. The molecule has 0 atom stereocenters. The average molecular weight is 514 g/mol. The summed E-state index contributed by atoms with van der Waals surface area (Å²) in [4.78, 5) is 15.3. The van der Waals surface area contributed by atoms with Gasteiger partial charge in [-0.3, -0.25) is 4.98 Å². The van der Waals surface area contributed by atoms with Gasteiger partial charge in [-0.1, -0.05) is 103 Å². The fraction of sp³-hybridized carbons (Fsp3) is 0.0541. The van der Waals surface area contributed by atoms with Crippen LogP contribution in [0.2, 0.25) is 0 Å². The number of hydrogen-bond donors (Lipinski definition) is 0. The monoisotopic (exact) mass is 513 g/mol. The number of aromatic nitrogens is 3. The summed E-state index contributed by atoms with van der Waals surface area (Å²) in [6.07, 6.45) is 0. The quantitative estimate of drug-likeness (QED) is 0.220. The van der Waals surface area contributed by atoms with E-state index in [1.54, 1.807) is 0 Å². The molecule has 0 radical (unpaired) electrons. The van der Waals surface area contributed by atoms with Crippen molar-refractivity contribution in [3.05, 3.63) is 139 Å². The fourth-order valence-electron chi connectivity index (χ4n) is 5.51. The Kier molecular flexibility index (Phi) is 5.90. The van der Waals surface area contributed by atoms with Gasteiger partial charge in [0.05, 0.1) is 28.1 Å². The van der Waals surface area contributed by atoms with Crippen molar-refractivity contribution in [3.8, 4) is 44.9 Å². The van der Waals surface area contributed by atoms with Gasteiger partial charge >= 0.3 is 0 Å². The molecule has 0 bridgehead atoms. The molecule has 0 spiro atoms. The predicted molar refractivity (Wildman–Crippen MR) is 166 cm³/mol. The molecule has 0 saturated carbocycles. The second-order valence-corrected chi connectivity index (χ2v) is 10.2. The van der Waals surface area contributed by atoms with E-state index < -0.39 is 0 Å². The lowest BCUT2D eigenvalue weighted by molar-refractivity contribution is 1.23. The molecule has 3 heteroatoms. The molecule has 7 rings (SSSR count). The summed E-state index contributed by atoms with van der Waals surface area (Å²) in [5, 5.41) is 2.22. The number of hydrogen-bond acceptors (Lipinski definition) is 3. The molecule has 0 aliphatic heterocycles. The molecule has 3 nitrogen and oxygen atoms in total. The number of rotatable bonds is 4. The Morgan fingerprint density at radius 3 is 1.80 bits per heavy atom. The smallest absolute Gasteiger partial charge is 0.0972 e. The molecule has 190 valence electrons. The van der Waals surface area contributed by atoms with E-state index in [2.05, 4.69) is 122 Å². The van der Waals surface area contributed by atoms with E-state index in [-0.39, 0.29) is 0 Å². The highest BCUT2D eigenvalue weighted by Gasteiger charge is 2.15. The molecule has 0 unspecified atom stereocenters. The van der Waals surface area contributed by atoms with Gasteiger partial charge in [-0.15, -0.1) is 0 Å². The van der Waals surface area contributed by atoms with Gasteiger partial charge in [0.1, 0.15) is 0 Å². The second-order valence-electron chi connectivity index (χ2n) is 10.2. The van der Waals surface area contributed by atoms with Crippen molar-refractivity contribution in [1.82, 2.24) is 15.0 Å². The zero-order valence-corrected chi connectivity index (χ0v) is 22.5. The second kappa shape index (κ2) is 9.87. The first kappa shape index (κ1) is 23.9. The first-order chi connectivity index (χ1) is 19.6. The maximum absolute atomic E-state index is 5.21. The van der Waals surface area contributed by atoms with Crippen molar-refractivity contribution in [2.75, 3.05) is 0 Å². The third-order valence-corrected chi connectivity index (χ3v) is 7.45. The van der Waals surface area contributed by atoms with Crippen LogP contribution in [0, 0.1) is 13.8 Å². The van der Waals surface area contributed by atoms with Gasteiger partial charge in [-0.05, 0) is 54.8 Å². The van der Waals surface area contributed by atoms with Crippen LogP contribution in [-0.4, -0.2) is 15.0 Å². The van der Waals surface area contributed by atoms with E-state index in [1.165, 1.54) is 5.56 Å². The topological polar surface area (TPSA) is 38.7 Å². The molecular weight excluding hydrogens is 486 g/mol. The van der Waals surface area contributed by atoms with Gasteiger partial charge in [0, 0.05) is 33.2 Å². The molecule has 0 aliphatic rings. The van der Waals surface area contributed by atoms with E-state index in [0.29, 0.717) is 0 Å². The summed E-state index contributed by atoms with van der Waals surface area (Å²) >= 11 is 0. The van der Waals surface area contributed by atoms with Crippen LogP contribution in [0.4, 0.5) is 0 Å². The minimum Gasteiger partial charge on any atom is -0.251 e. The number of nitrogens with zero attached hydrogens (tertiary/aromatic N) is 3. The Labute approximate surface area is 233 Å². The van der Waals surface area contributed by atoms with Crippen LogP contribution >= 0.6 is 0 Å². The molecule has 0 fully saturated rings. The van der Waals surface area contributed by atoms with Gasteiger partial charge in [-0.25, -0.2) is 9.97 Å². The van der Waals surface area contributed by atoms with E-state index in [9.17, 15) is 0 Å². The highest BCUT2D eigenvalue weighted by molar-refractivity contribution is 6.04. The summed E-state index contributed by atoms with van der Waals surface area (Å²) in [7, 11) is 0. The Hall–Kier alpha value is -5.15. The van der Waals surface area contributed by atoms with E-state index >= 15 is 0 Å². The number of fused-ring (bicyclic) bond motifs is 3. The molecule has 0 amide bonds. The van der Waals surface area contributed by atoms with Gasteiger partial charge < -0.3 is 0 Å². The molecule has 0 N–H and O–H groups in total. The van der Waals surface area contributed by atoms with Crippen LogP contribution in [0.15, 0.2) is 127 Å². The first-order valence-corrected chi connectivity index (χ1v) is 13.5. The molecule has 4 aromatic carbocycles. The van der Waals surface area contributed by atoms with Crippen molar-refractivity contribution in [2.45, 2.75) is 13.8 Å². The molecule has 3 aromatic heterocycles. The molecule has 0 saturated heterocycles.